The highest BCUT2D eigenvalue weighted by Gasteiger charge is 2.14. The highest BCUT2D eigenvalue weighted by atomic mass is 19.2. The number of rotatable bonds is 5. The molecule has 6 nitrogen and oxygen atoms in total. The molecular weight excluding hydrogens is 335 g/mol. The van der Waals surface area contributed by atoms with Crippen molar-refractivity contribution in [3.63, 3.8) is 0 Å². The summed E-state index contributed by atoms with van der Waals surface area (Å²) in [6, 6.07) is 8.90. The molecule has 0 atom stereocenters. The Hall–Kier alpha value is -3.36. The third-order valence-corrected chi connectivity index (χ3v) is 3.18. The lowest BCUT2D eigenvalue weighted by Gasteiger charge is -2.09. The van der Waals surface area contributed by atoms with Crippen molar-refractivity contribution < 1.29 is 17.9 Å². The van der Waals surface area contributed by atoms with Crippen LogP contribution in [-0.2, 0) is 0 Å². The van der Waals surface area contributed by atoms with Crippen molar-refractivity contribution in [3.05, 3.63) is 60.0 Å². The van der Waals surface area contributed by atoms with Crippen LogP contribution in [0.3, 0.4) is 0 Å². The summed E-state index contributed by atoms with van der Waals surface area (Å²) in [5.41, 5.74) is 0.379. The molecule has 2 aromatic carbocycles. The van der Waals surface area contributed by atoms with E-state index in [1.807, 2.05) is 0 Å². The average molecular weight is 347 g/mol. The first-order valence-corrected chi connectivity index (χ1v) is 7.08. The molecular formula is C16H12F3N5O. The Kier molecular flexibility index (Phi) is 4.64. The van der Waals surface area contributed by atoms with Crippen LogP contribution in [0.15, 0.2) is 42.6 Å². The van der Waals surface area contributed by atoms with Gasteiger partial charge >= 0.3 is 0 Å². The van der Waals surface area contributed by atoms with Gasteiger partial charge in [0, 0.05) is 11.8 Å². The zero-order valence-corrected chi connectivity index (χ0v) is 12.9. The van der Waals surface area contributed by atoms with E-state index in [-0.39, 0.29) is 17.5 Å². The number of ether oxygens (including phenoxy) is 1. The Morgan fingerprint density at radius 1 is 1.00 bits per heavy atom. The van der Waals surface area contributed by atoms with E-state index in [1.165, 1.54) is 13.3 Å². The van der Waals surface area contributed by atoms with Crippen molar-refractivity contribution >= 4 is 23.1 Å². The van der Waals surface area contributed by atoms with Gasteiger partial charge in [0.2, 0.25) is 5.95 Å². The molecule has 1 heterocycles. The summed E-state index contributed by atoms with van der Waals surface area (Å²) in [7, 11) is 1.54. The normalized spacial score (nSPS) is 10.4. The second-order valence-electron chi connectivity index (χ2n) is 4.87. The van der Waals surface area contributed by atoms with Gasteiger partial charge in [-0.25, -0.2) is 13.2 Å². The summed E-state index contributed by atoms with van der Waals surface area (Å²) >= 11 is 0. The Morgan fingerprint density at radius 3 is 2.64 bits per heavy atom. The van der Waals surface area contributed by atoms with Crippen molar-refractivity contribution in [2.75, 3.05) is 17.7 Å². The molecule has 0 aliphatic carbocycles. The molecule has 0 aliphatic rings. The number of aromatic nitrogens is 3. The van der Waals surface area contributed by atoms with Crippen LogP contribution in [0, 0.1) is 17.5 Å². The largest absolute Gasteiger partial charge is 0.497 e. The predicted molar refractivity (Wildman–Crippen MR) is 85.7 cm³/mol. The first-order chi connectivity index (χ1) is 12.1. The second kappa shape index (κ2) is 7.04. The zero-order chi connectivity index (χ0) is 17.8. The quantitative estimate of drug-likeness (QED) is 0.685. The van der Waals surface area contributed by atoms with Crippen LogP contribution in [0.25, 0.3) is 0 Å². The maximum absolute atomic E-state index is 13.7. The molecule has 0 saturated heterocycles. The molecule has 3 aromatic rings. The minimum absolute atomic E-state index is 0.102. The fourth-order valence-corrected chi connectivity index (χ4v) is 2.01. The minimum atomic E-state index is -1.57. The summed E-state index contributed by atoms with van der Waals surface area (Å²) in [4.78, 5) is 4.09. The topological polar surface area (TPSA) is 72.0 Å². The number of anilines is 4. The summed E-state index contributed by atoms with van der Waals surface area (Å²) < 4.78 is 45.1. The van der Waals surface area contributed by atoms with Crippen LogP contribution >= 0.6 is 0 Å². The molecule has 0 spiro atoms. The molecule has 2 N–H and O–H groups in total. The van der Waals surface area contributed by atoms with Crippen LogP contribution < -0.4 is 15.4 Å². The summed E-state index contributed by atoms with van der Waals surface area (Å²) in [6.07, 6.45) is 1.22. The van der Waals surface area contributed by atoms with E-state index in [2.05, 4.69) is 25.8 Å². The molecule has 25 heavy (non-hydrogen) atoms. The summed E-state index contributed by atoms with van der Waals surface area (Å²) in [5.74, 6) is -3.32. The Labute approximate surface area is 140 Å². The van der Waals surface area contributed by atoms with Crippen molar-refractivity contribution in [3.8, 4) is 5.75 Å². The van der Waals surface area contributed by atoms with E-state index in [0.717, 1.165) is 12.1 Å². The highest BCUT2D eigenvalue weighted by molar-refractivity contribution is 5.60. The zero-order valence-electron chi connectivity index (χ0n) is 12.9. The lowest BCUT2D eigenvalue weighted by Crippen LogP contribution is -2.04. The minimum Gasteiger partial charge on any atom is -0.497 e. The average Bonchev–Trinajstić information content (AvgIpc) is 2.63. The monoisotopic (exact) mass is 347 g/mol. The van der Waals surface area contributed by atoms with Gasteiger partial charge in [0.1, 0.15) is 5.75 Å². The van der Waals surface area contributed by atoms with Gasteiger partial charge in [0.25, 0.3) is 0 Å². The number of nitrogens with one attached hydrogen (secondary N) is 2. The third kappa shape index (κ3) is 3.77. The Morgan fingerprint density at radius 2 is 1.84 bits per heavy atom. The van der Waals surface area contributed by atoms with Gasteiger partial charge in [-0.2, -0.15) is 10.1 Å². The van der Waals surface area contributed by atoms with Gasteiger partial charge in [0.15, 0.2) is 23.3 Å². The van der Waals surface area contributed by atoms with E-state index in [9.17, 15) is 13.2 Å². The molecule has 0 aliphatic heterocycles. The molecule has 0 radical (unpaired) electrons. The van der Waals surface area contributed by atoms with Crippen LogP contribution in [0.1, 0.15) is 0 Å². The molecule has 0 amide bonds. The Balaban J connectivity index is 1.81. The van der Waals surface area contributed by atoms with E-state index >= 15 is 0 Å². The maximum Gasteiger partial charge on any atom is 0.249 e. The van der Waals surface area contributed by atoms with E-state index < -0.39 is 17.5 Å². The summed E-state index contributed by atoms with van der Waals surface area (Å²) in [6.45, 7) is 0. The van der Waals surface area contributed by atoms with Gasteiger partial charge in [-0.1, -0.05) is 6.07 Å². The van der Waals surface area contributed by atoms with Gasteiger partial charge in [-0.15, -0.1) is 5.10 Å². The molecule has 9 heteroatoms. The highest BCUT2D eigenvalue weighted by Crippen LogP contribution is 2.23. The van der Waals surface area contributed by atoms with Gasteiger partial charge in [-0.3, -0.25) is 0 Å². The second-order valence-corrected chi connectivity index (χ2v) is 4.87. The number of benzene rings is 2. The van der Waals surface area contributed by atoms with Gasteiger partial charge in [0.05, 0.1) is 19.0 Å². The van der Waals surface area contributed by atoms with Crippen LogP contribution in [0.2, 0.25) is 0 Å². The lowest BCUT2D eigenvalue weighted by atomic mass is 10.3. The SMILES string of the molecule is COc1cccc(Nc2nncc(Nc3ccc(F)c(F)c3F)n2)c1. The fourth-order valence-electron chi connectivity index (χ4n) is 2.01. The number of methoxy groups -OCH3 is 1. The number of halogens is 3. The van der Waals surface area contributed by atoms with E-state index in [0.29, 0.717) is 11.4 Å². The fraction of sp³-hybridized carbons (Fsp3) is 0.0625. The summed E-state index contributed by atoms with van der Waals surface area (Å²) in [5, 5.41) is 13.0. The van der Waals surface area contributed by atoms with Crippen molar-refractivity contribution in [2.45, 2.75) is 0 Å². The van der Waals surface area contributed by atoms with Crippen LogP contribution in [0.4, 0.5) is 36.3 Å². The number of nitrogens with zero attached hydrogens (tertiary/aromatic N) is 3. The standard InChI is InChI=1S/C16H12F3N5O/c1-25-10-4-2-3-9(7-10)21-16-23-13(8-20-24-16)22-12-6-5-11(17)14(18)15(12)19/h2-8H,1H3,(H2,21,22,23,24). The lowest BCUT2D eigenvalue weighted by molar-refractivity contribution is 0.415. The molecule has 3 rings (SSSR count). The number of hydrogen-bond acceptors (Lipinski definition) is 6. The van der Waals surface area contributed by atoms with Crippen LogP contribution in [-0.4, -0.2) is 22.3 Å². The first-order valence-electron chi connectivity index (χ1n) is 7.08. The van der Waals surface area contributed by atoms with Crippen molar-refractivity contribution in [2.24, 2.45) is 0 Å². The molecule has 0 fully saturated rings. The number of hydrogen-bond donors (Lipinski definition) is 2. The first kappa shape index (κ1) is 16.5. The van der Waals surface area contributed by atoms with Crippen LogP contribution in [0.5, 0.6) is 5.75 Å². The molecule has 128 valence electrons. The van der Waals surface area contributed by atoms with E-state index in [4.69, 9.17) is 4.74 Å². The molecule has 1 aromatic heterocycles. The smallest absolute Gasteiger partial charge is 0.249 e. The third-order valence-electron chi connectivity index (χ3n) is 3.18. The molecule has 0 unspecified atom stereocenters. The van der Waals surface area contributed by atoms with Crippen molar-refractivity contribution in [1.82, 2.24) is 15.2 Å². The Bertz CT molecular complexity index is 907. The van der Waals surface area contributed by atoms with E-state index in [1.54, 1.807) is 24.3 Å². The van der Waals surface area contributed by atoms with Crippen molar-refractivity contribution in [1.29, 1.82) is 0 Å². The molecule has 0 bridgehead atoms. The predicted octanol–water partition coefficient (Wildman–Crippen LogP) is 3.78. The van der Waals surface area contributed by atoms with Gasteiger partial charge in [-0.05, 0) is 24.3 Å². The maximum atomic E-state index is 13.7. The van der Waals surface area contributed by atoms with Gasteiger partial charge < -0.3 is 15.4 Å². The molecule has 0 saturated carbocycles.